The van der Waals surface area contributed by atoms with Crippen molar-refractivity contribution in [3.63, 3.8) is 0 Å². The van der Waals surface area contributed by atoms with Crippen LogP contribution in [0.3, 0.4) is 0 Å². The Morgan fingerprint density at radius 3 is 2.70 bits per heavy atom. The summed E-state index contributed by atoms with van der Waals surface area (Å²) in [5, 5.41) is 8.70. The fraction of sp³-hybridized carbons (Fsp3) is 0.143. The van der Waals surface area contributed by atoms with Crippen molar-refractivity contribution < 1.29 is 23.4 Å². The number of nitrogens with zero attached hydrogens (tertiary/aromatic N) is 3. The van der Waals surface area contributed by atoms with Gasteiger partial charge in [-0.25, -0.2) is 23.1 Å². The van der Waals surface area contributed by atoms with Gasteiger partial charge in [0, 0.05) is 11.6 Å². The minimum atomic E-state index is -0.823. The van der Waals surface area contributed by atoms with Crippen LogP contribution in [0, 0.1) is 11.6 Å². The molecule has 0 amide bonds. The van der Waals surface area contributed by atoms with Crippen LogP contribution in [0.5, 0.6) is 5.88 Å². The molecule has 0 fully saturated rings. The first-order valence-electron chi connectivity index (χ1n) is 9.48. The van der Waals surface area contributed by atoms with Gasteiger partial charge in [0.25, 0.3) is 11.5 Å². The van der Waals surface area contributed by atoms with E-state index in [-0.39, 0.29) is 35.1 Å². The van der Waals surface area contributed by atoms with Crippen molar-refractivity contribution in [2.75, 3.05) is 6.61 Å². The number of hydrogen-bond donors (Lipinski definition) is 2. The Labute approximate surface area is 188 Å². The maximum absolute atomic E-state index is 13.7. The van der Waals surface area contributed by atoms with Gasteiger partial charge in [0.15, 0.2) is 5.02 Å². The summed E-state index contributed by atoms with van der Waals surface area (Å²) in [6, 6.07) is 7.67. The van der Waals surface area contributed by atoms with E-state index in [0.29, 0.717) is 17.1 Å². The summed E-state index contributed by atoms with van der Waals surface area (Å²) in [6.45, 7) is -1.10. The van der Waals surface area contributed by atoms with Crippen LogP contribution in [0.25, 0.3) is 11.0 Å². The van der Waals surface area contributed by atoms with E-state index in [0.717, 1.165) is 10.6 Å². The molecule has 0 aliphatic rings. The van der Waals surface area contributed by atoms with Crippen molar-refractivity contribution in [3.05, 3.63) is 91.3 Å². The number of nitrogens with one attached hydrogen (secondary N) is 1. The number of H-pyrrole nitrogens is 1. The molecule has 0 saturated heterocycles. The summed E-state index contributed by atoms with van der Waals surface area (Å²) in [5.74, 6) is -2.51. The van der Waals surface area contributed by atoms with Crippen molar-refractivity contribution in [1.82, 2.24) is 19.1 Å². The van der Waals surface area contributed by atoms with Gasteiger partial charge in [0.2, 0.25) is 5.88 Å². The number of fused-ring (bicyclic) bond motifs is 1. The summed E-state index contributed by atoms with van der Waals surface area (Å²) in [5.41, 5.74) is -0.0393. The fourth-order valence-corrected chi connectivity index (χ4v) is 3.43. The molecule has 2 aromatic heterocycles. The third-order valence-corrected chi connectivity index (χ3v) is 5.14. The van der Waals surface area contributed by atoms with Crippen LogP contribution in [0.2, 0.25) is 5.02 Å². The molecule has 0 atom stereocenters. The maximum Gasteiger partial charge on any atom is 0.333 e. The Morgan fingerprint density at radius 2 is 1.97 bits per heavy atom. The van der Waals surface area contributed by atoms with Crippen LogP contribution in [0.4, 0.5) is 8.78 Å². The van der Waals surface area contributed by atoms with Crippen molar-refractivity contribution in [3.8, 4) is 5.88 Å². The Balaban J connectivity index is 1.56. The molecule has 0 radical (unpaired) electrons. The Morgan fingerprint density at radius 1 is 1.18 bits per heavy atom. The molecule has 0 bridgehead atoms. The molecule has 9 nitrogen and oxygen atoms in total. The number of carbonyl (C=O) groups excluding carboxylic acids is 1. The topological polar surface area (TPSA) is 119 Å². The lowest BCUT2D eigenvalue weighted by Gasteiger charge is -2.11. The van der Waals surface area contributed by atoms with Gasteiger partial charge in [-0.05, 0) is 29.8 Å². The first kappa shape index (κ1) is 22.4. The van der Waals surface area contributed by atoms with E-state index in [1.807, 2.05) is 0 Å². The molecule has 2 aromatic carbocycles. The van der Waals surface area contributed by atoms with Gasteiger partial charge in [-0.1, -0.05) is 17.7 Å². The highest BCUT2D eigenvalue weighted by Crippen LogP contribution is 2.20. The summed E-state index contributed by atoms with van der Waals surface area (Å²) >= 11 is 6.08. The molecule has 2 N–H and O–H groups in total. The first-order chi connectivity index (χ1) is 15.8. The number of aromatic nitrogens is 4. The number of benzene rings is 2. The highest BCUT2D eigenvalue weighted by Gasteiger charge is 2.15. The van der Waals surface area contributed by atoms with E-state index >= 15 is 0 Å². The van der Waals surface area contributed by atoms with Gasteiger partial charge in [-0.3, -0.25) is 14.2 Å². The van der Waals surface area contributed by atoms with Crippen LogP contribution in [0.1, 0.15) is 15.9 Å². The number of imidazole rings is 1. The molecular formula is C21H15ClF2N4O5. The second kappa shape index (κ2) is 8.96. The second-order valence-electron chi connectivity index (χ2n) is 6.99. The Bertz CT molecular complexity index is 1490. The molecule has 0 aliphatic heterocycles. The minimum absolute atomic E-state index is 0.0372. The van der Waals surface area contributed by atoms with Crippen molar-refractivity contribution >= 4 is 28.5 Å². The van der Waals surface area contributed by atoms with Crippen LogP contribution < -0.4 is 16.0 Å². The molecule has 4 aromatic rings. The maximum atomic E-state index is 13.7. The quantitative estimate of drug-likeness (QED) is 0.440. The molecule has 2 heterocycles. The number of carbonyl (C=O) groups is 1. The smallest absolute Gasteiger partial charge is 0.333 e. The lowest BCUT2D eigenvalue weighted by atomic mass is 10.2. The van der Waals surface area contributed by atoms with E-state index in [1.54, 1.807) is 12.1 Å². The summed E-state index contributed by atoms with van der Waals surface area (Å²) in [6.07, 6.45) is 1.19. The number of aliphatic hydroxyl groups excluding tert-OH is 1. The first-order valence-corrected chi connectivity index (χ1v) is 9.85. The van der Waals surface area contributed by atoms with Gasteiger partial charge in [0.1, 0.15) is 31.2 Å². The summed E-state index contributed by atoms with van der Waals surface area (Å²) < 4.78 is 34.1. The predicted molar refractivity (Wildman–Crippen MR) is 114 cm³/mol. The number of halogens is 3. The molecule has 0 unspecified atom stereocenters. The van der Waals surface area contributed by atoms with Crippen molar-refractivity contribution in [2.45, 2.75) is 13.2 Å². The van der Waals surface area contributed by atoms with E-state index in [1.165, 1.54) is 23.0 Å². The minimum Gasteiger partial charge on any atom is -0.471 e. The van der Waals surface area contributed by atoms with Crippen molar-refractivity contribution in [1.29, 1.82) is 0 Å². The van der Waals surface area contributed by atoms with E-state index in [4.69, 9.17) is 21.4 Å². The largest absolute Gasteiger partial charge is 0.471 e. The zero-order valence-electron chi connectivity index (χ0n) is 16.7. The third-order valence-electron chi connectivity index (χ3n) is 4.81. The third kappa shape index (κ3) is 4.41. The molecule has 4 rings (SSSR count). The number of aliphatic hydroxyl groups is 1. The fourth-order valence-electron chi connectivity index (χ4n) is 3.22. The number of aromatic amines is 1. The van der Waals surface area contributed by atoms with E-state index in [2.05, 4.69) is 9.97 Å². The normalized spacial score (nSPS) is 11.2. The van der Waals surface area contributed by atoms with Gasteiger partial charge >= 0.3 is 5.69 Å². The van der Waals surface area contributed by atoms with Crippen LogP contribution >= 0.6 is 11.6 Å². The molecule has 0 saturated carbocycles. The van der Waals surface area contributed by atoms with E-state index < -0.39 is 35.4 Å². The van der Waals surface area contributed by atoms with Crippen LogP contribution in [0.15, 0.2) is 52.3 Å². The zero-order valence-corrected chi connectivity index (χ0v) is 17.5. The average Bonchev–Trinajstić information content (AvgIpc) is 3.12. The zero-order chi connectivity index (χ0) is 23.7. The predicted octanol–water partition coefficient (Wildman–Crippen LogP) is 2.08. The van der Waals surface area contributed by atoms with Crippen LogP contribution in [-0.2, 0) is 13.2 Å². The monoisotopic (exact) mass is 476 g/mol. The highest BCUT2D eigenvalue weighted by molar-refractivity contribution is 6.31. The van der Waals surface area contributed by atoms with Gasteiger partial charge < -0.3 is 14.8 Å². The van der Waals surface area contributed by atoms with Gasteiger partial charge in [-0.15, -0.1) is 0 Å². The average molecular weight is 477 g/mol. The van der Waals surface area contributed by atoms with Gasteiger partial charge in [-0.2, -0.15) is 0 Å². The molecule has 12 heteroatoms. The Kier molecular flexibility index (Phi) is 6.07. The molecule has 0 aliphatic carbocycles. The van der Waals surface area contributed by atoms with E-state index in [9.17, 15) is 23.2 Å². The second-order valence-corrected chi connectivity index (χ2v) is 7.37. The lowest BCUT2D eigenvalue weighted by molar-refractivity contribution is 0.0820. The summed E-state index contributed by atoms with van der Waals surface area (Å²) in [4.78, 5) is 42.9. The molecule has 170 valence electrons. The molecule has 33 heavy (non-hydrogen) atoms. The van der Waals surface area contributed by atoms with Crippen LogP contribution in [-0.4, -0.2) is 36.7 Å². The van der Waals surface area contributed by atoms with Crippen molar-refractivity contribution in [2.24, 2.45) is 0 Å². The standard InChI is InChI=1S/C21H15ClF2N4O5/c22-18-19(33-9-12-2-3-13(23)6-14(12)24)25-10-27(20(18)31)7-11-1-4-16-15(5-11)26-21(32)28(16)17(30)8-29/h1-6,10,29H,7-9H2,(H,26,32). The molecular weight excluding hydrogens is 462 g/mol. The number of ether oxygens (including phenoxy) is 1. The summed E-state index contributed by atoms with van der Waals surface area (Å²) in [7, 11) is 0. The van der Waals surface area contributed by atoms with Gasteiger partial charge in [0.05, 0.1) is 17.6 Å². The number of hydrogen-bond acceptors (Lipinski definition) is 6. The SMILES string of the molecule is O=C(CO)n1c(=O)[nH]c2cc(Cn3cnc(OCc4ccc(F)cc4F)c(Cl)c3=O)ccc21. The number of rotatable bonds is 6. The molecule has 0 spiro atoms. The Hall–Kier alpha value is -3.83. The lowest BCUT2D eigenvalue weighted by Crippen LogP contribution is -2.26. The highest BCUT2D eigenvalue weighted by atomic mass is 35.5.